The lowest BCUT2D eigenvalue weighted by Gasteiger charge is -2.08. The Morgan fingerprint density at radius 3 is 2.29 bits per heavy atom. The van der Waals surface area contributed by atoms with Crippen molar-refractivity contribution in [3.63, 3.8) is 0 Å². The molecule has 0 atom stereocenters. The summed E-state index contributed by atoms with van der Waals surface area (Å²) >= 11 is 0. The summed E-state index contributed by atoms with van der Waals surface area (Å²) in [4.78, 5) is 4.33. The van der Waals surface area contributed by atoms with Gasteiger partial charge >= 0.3 is 12.2 Å². The Hall–Kier alpha value is -3.07. The van der Waals surface area contributed by atoms with Gasteiger partial charge in [-0.15, -0.1) is 5.10 Å². The number of nitrogens with two attached hydrogens (primary N) is 1. The number of ether oxygens (including phenoxy) is 2. The number of rotatable bonds is 7. The highest BCUT2D eigenvalue weighted by atomic mass is 19.4. The van der Waals surface area contributed by atoms with Gasteiger partial charge in [0.2, 0.25) is 0 Å². The van der Waals surface area contributed by atoms with E-state index in [-0.39, 0.29) is 12.6 Å². The molecule has 0 saturated heterocycles. The summed E-state index contributed by atoms with van der Waals surface area (Å²) in [5.41, 5.74) is 6.68. The van der Waals surface area contributed by atoms with E-state index in [1.807, 2.05) is 6.92 Å². The van der Waals surface area contributed by atoms with E-state index in [1.54, 1.807) is 24.3 Å². The lowest BCUT2D eigenvalue weighted by molar-refractivity contribution is -0.137. The third-order valence-corrected chi connectivity index (χ3v) is 3.86. The van der Waals surface area contributed by atoms with E-state index in [4.69, 9.17) is 15.2 Å². The van der Waals surface area contributed by atoms with Crippen LogP contribution in [0.5, 0.6) is 6.01 Å². The van der Waals surface area contributed by atoms with Crippen LogP contribution in [0.1, 0.15) is 12.5 Å². The molecule has 0 fully saturated rings. The number of aromatic nitrogens is 3. The van der Waals surface area contributed by atoms with Gasteiger partial charge in [-0.25, -0.2) is 4.68 Å². The van der Waals surface area contributed by atoms with Crippen molar-refractivity contribution < 1.29 is 22.6 Å². The van der Waals surface area contributed by atoms with Crippen molar-refractivity contribution in [1.82, 2.24) is 14.8 Å². The first-order valence-electron chi connectivity index (χ1n) is 8.59. The first-order chi connectivity index (χ1) is 13.4. The first kappa shape index (κ1) is 19.7. The van der Waals surface area contributed by atoms with E-state index in [2.05, 4.69) is 10.1 Å². The number of alkyl halides is 3. The molecule has 0 aliphatic heterocycles. The lowest BCUT2D eigenvalue weighted by atomic mass is 10.1. The van der Waals surface area contributed by atoms with Crippen molar-refractivity contribution in [3.05, 3.63) is 54.1 Å². The van der Waals surface area contributed by atoms with Crippen LogP contribution >= 0.6 is 0 Å². The van der Waals surface area contributed by atoms with Crippen molar-refractivity contribution in [1.29, 1.82) is 0 Å². The highest BCUT2D eigenvalue weighted by molar-refractivity contribution is 5.59. The third-order valence-electron chi connectivity index (χ3n) is 3.86. The molecule has 1 aromatic heterocycles. The average Bonchev–Trinajstić information content (AvgIpc) is 3.09. The van der Waals surface area contributed by atoms with Crippen LogP contribution in [0.3, 0.4) is 0 Å². The summed E-state index contributed by atoms with van der Waals surface area (Å²) < 4.78 is 50.7. The predicted molar refractivity (Wildman–Crippen MR) is 98.2 cm³/mol. The molecule has 1 heterocycles. The van der Waals surface area contributed by atoms with E-state index >= 15 is 0 Å². The molecule has 6 nitrogen and oxygen atoms in total. The maximum atomic E-state index is 12.8. The Morgan fingerprint density at radius 2 is 1.68 bits per heavy atom. The second kappa shape index (κ2) is 8.30. The maximum absolute atomic E-state index is 12.8. The van der Waals surface area contributed by atoms with Crippen LogP contribution in [-0.4, -0.2) is 34.6 Å². The van der Waals surface area contributed by atoms with Gasteiger partial charge in [-0.3, -0.25) is 0 Å². The minimum Gasteiger partial charge on any atom is -0.460 e. The van der Waals surface area contributed by atoms with Gasteiger partial charge in [0.25, 0.3) is 0 Å². The number of hydrogen-bond donors (Lipinski definition) is 1. The summed E-state index contributed by atoms with van der Waals surface area (Å²) in [6.45, 7) is 3.07. The Bertz CT molecular complexity index is 906. The molecule has 3 aromatic rings. The Labute approximate surface area is 159 Å². The molecule has 0 aliphatic carbocycles. The number of nitrogen functional groups attached to an aromatic ring is 1. The highest BCUT2D eigenvalue weighted by Crippen LogP contribution is 2.31. The molecule has 0 unspecified atom stereocenters. The fraction of sp³-hybridized carbons (Fsp3) is 0.263. The van der Waals surface area contributed by atoms with Crippen molar-refractivity contribution in [2.24, 2.45) is 0 Å². The van der Waals surface area contributed by atoms with Crippen molar-refractivity contribution in [3.8, 4) is 23.1 Å². The van der Waals surface area contributed by atoms with E-state index in [0.717, 1.165) is 12.1 Å². The highest BCUT2D eigenvalue weighted by Gasteiger charge is 2.30. The Morgan fingerprint density at radius 1 is 1.00 bits per heavy atom. The monoisotopic (exact) mass is 392 g/mol. The number of halogens is 3. The van der Waals surface area contributed by atoms with Crippen LogP contribution in [0.15, 0.2) is 48.5 Å². The summed E-state index contributed by atoms with van der Waals surface area (Å²) in [7, 11) is 0. The van der Waals surface area contributed by atoms with Crippen molar-refractivity contribution in [2.45, 2.75) is 13.1 Å². The topological polar surface area (TPSA) is 75.2 Å². The Kier molecular flexibility index (Phi) is 5.84. The molecule has 2 N–H and O–H groups in total. The summed E-state index contributed by atoms with van der Waals surface area (Å²) in [6.07, 6.45) is -4.41. The average molecular weight is 392 g/mol. The number of anilines is 1. The van der Waals surface area contributed by atoms with Crippen LogP contribution in [-0.2, 0) is 10.9 Å². The van der Waals surface area contributed by atoms with Gasteiger partial charge in [0.05, 0.1) is 17.9 Å². The van der Waals surface area contributed by atoms with Crippen LogP contribution in [0, 0.1) is 0 Å². The molecule has 2 aromatic carbocycles. The second-order valence-corrected chi connectivity index (χ2v) is 5.84. The normalized spacial score (nSPS) is 11.6. The van der Waals surface area contributed by atoms with Gasteiger partial charge in [-0.05, 0) is 43.3 Å². The number of hydrogen-bond acceptors (Lipinski definition) is 5. The zero-order chi connectivity index (χ0) is 20.1. The smallest absolute Gasteiger partial charge is 0.416 e. The zero-order valence-corrected chi connectivity index (χ0v) is 15.1. The van der Waals surface area contributed by atoms with Gasteiger partial charge in [-0.2, -0.15) is 18.2 Å². The Balaban J connectivity index is 1.95. The van der Waals surface area contributed by atoms with E-state index in [1.165, 1.54) is 16.8 Å². The van der Waals surface area contributed by atoms with Crippen molar-refractivity contribution in [2.75, 3.05) is 25.6 Å². The molecule has 9 heteroatoms. The molecule has 0 radical (unpaired) electrons. The summed E-state index contributed by atoms with van der Waals surface area (Å²) in [5, 5.41) is 4.32. The van der Waals surface area contributed by atoms with Gasteiger partial charge in [-0.1, -0.05) is 12.1 Å². The second-order valence-electron chi connectivity index (χ2n) is 5.84. The molecular weight excluding hydrogens is 373 g/mol. The minimum atomic E-state index is -4.41. The van der Waals surface area contributed by atoms with Crippen LogP contribution in [0.4, 0.5) is 18.9 Å². The molecule has 0 bridgehead atoms. The minimum absolute atomic E-state index is 0.103. The zero-order valence-electron chi connectivity index (χ0n) is 15.1. The predicted octanol–water partition coefficient (Wildman–Crippen LogP) is 3.95. The van der Waals surface area contributed by atoms with Crippen LogP contribution in [0.2, 0.25) is 0 Å². The molecular formula is C19H19F3N4O2. The molecule has 0 spiro atoms. The standard InChI is InChI=1S/C19H19F3N4O2/c1-2-27-11-12-28-18-24-17(13-3-5-14(6-4-13)19(20,21)22)26(25-18)16-9-7-15(23)8-10-16/h3-10H,2,11-12,23H2,1H3. The van der Waals surface area contributed by atoms with Crippen molar-refractivity contribution >= 4 is 5.69 Å². The largest absolute Gasteiger partial charge is 0.460 e. The van der Waals surface area contributed by atoms with E-state index < -0.39 is 11.7 Å². The molecule has 148 valence electrons. The quantitative estimate of drug-likeness (QED) is 0.487. The lowest BCUT2D eigenvalue weighted by Crippen LogP contribution is -2.07. The molecule has 0 aliphatic rings. The van der Waals surface area contributed by atoms with Gasteiger partial charge in [0.15, 0.2) is 5.82 Å². The SMILES string of the molecule is CCOCCOc1nc(-c2ccc(C(F)(F)F)cc2)n(-c2ccc(N)cc2)n1. The van der Waals surface area contributed by atoms with Gasteiger partial charge in [0.1, 0.15) is 6.61 Å². The van der Waals surface area contributed by atoms with Gasteiger partial charge in [0, 0.05) is 17.9 Å². The number of benzene rings is 2. The third kappa shape index (κ3) is 4.61. The summed E-state index contributed by atoms with van der Waals surface area (Å²) in [5.74, 6) is 0.352. The number of nitrogens with zero attached hydrogens (tertiary/aromatic N) is 3. The van der Waals surface area contributed by atoms with E-state index in [9.17, 15) is 13.2 Å². The van der Waals surface area contributed by atoms with E-state index in [0.29, 0.717) is 36.0 Å². The van der Waals surface area contributed by atoms with Crippen LogP contribution in [0.25, 0.3) is 17.1 Å². The molecule has 28 heavy (non-hydrogen) atoms. The fourth-order valence-electron chi connectivity index (χ4n) is 2.48. The molecule has 0 saturated carbocycles. The first-order valence-corrected chi connectivity index (χ1v) is 8.59. The maximum Gasteiger partial charge on any atom is 0.416 e. The van der Waals surface area contributed by atoms with Gasteiger partial charge < -0.3 is 15.2 Å². The molecule has 0 amide bonds. The van der Waals surface area contributed by atoms with Crippen LogP contribution < -0.4 is 10.5 Å². The molecule has 3 rings (SSSR count). The summed E-state index contributed by atoms with van der Waals surface area (Å²) in [6, 6.07) is 11.7. The fourth-order valence-corrected chi connectivity index (χ4v) is 2.48.